The third-order valence-electron chi connectivity index (χ3n) is 8.48. The summed E-state index contributed by atoms with van der Waals surface area (Å²) < 4.78 is 38.2. The van der Waals surface area contributed by atoms with Crippen LogP contribution in [0, 0.1) is 5.41 Å². The Kier molecular flexibility index (Phi) is 6.32. The van der Waals surface area contributed by atoms with Crippen molar-refractivity contribution in [3.63, 3.8) is 0 Å². The number of benzene rings is 5. The van der Waals surface area contributed by atoms with E-state index in [-0.39, 0.29) is 27.6 Å². The van der Waals surface area contributed by atoms with Gasteiger partial charge in [0.1, 0.15) is 4.90 Å². The maximum absolute atomic E-state index is 13.8. The lowest BCUT2D eigenvalue weighted by Crippen LogP contribution is -2.33. The lowest BCUT2D eigenvalue weighted by molar-refractivity contribution is -0.118. The molecule has 1 aliphatic heterocycles. The molecule has 5 aromatic rings. The van der Waals surface area contributed by atoms with E-state index < -0.39 is 16.2 Å². The van der Waals surface area contributed by atoms with Crippen molar-refractivity contribution >= 4 is 48.7 Å². The van der Waals surface area contributed by atoms with Crippen LogP contribution in [0.3, 0.4) is 0 Å². The number of fused-ring (bicyclic) bond motifs is 5. The van der Waals surface area contributed by atoms with Gasteiger partial charge in [-0.25, -0.2) is 0 Å². The fraction of sp³-hybridized carbons (Fsp3) is 0.194. The van der Waals surface area contributed by atoms with Gasteiger partial charge in [0.15, 0.2) is 17.3 Å². The molecule has 0 amide bonds. The minimum Gasteiger partial charge on any atom is -0.493 e. The molecule has 0 radical (unpaired) electrons. The van der Waals surface area contributed by atoms with Crippen molar-refractivity contribution in [3.8, 4) is 11.5 Å². The number of carbonyl (C=O) groups excluding carboxylic acids is 1. The SMILES string of the molecule is COc1cc([C@@H]2Nc3ccc4ccccc4c3C3=C2C(=O)CC(C)(C)C3)ccc1OS(=O)(=O)c1cccc2ccccc12. The predicted molar refractivity (Wildman–Crippen MR) is 170 cm³/mol. The molecule has 0 unspecified atom stereocenters. The van der Waals surface area contributed by atoms with Crippen molar-refractivity contribution in [2.24, 2.45) is 5.41 Å². The van der Waals surface area contributed by atoms with Gasteiger partial charge in [0.2, 0.25) is 0 Å². The largest absolute Gasteiger partial charge is 0.493 e. The molecule has 1 N–H and O–H groups in total. The zero-order chi connectivity index (χ0) is 29.9. The van der Waals surface area contributed by atoms with Crippen LogP contribution < -0.4 is 14.2 Å². The maximum Gasteiger partial charge on any atom is 0.339 e. The van der Waals surface area contributed by atoms with E-state index in [2.05, 4.69) is 43.4 Å². The molecule has 0 saturated carbocycles. The molecule has 216 valence electrons. The highest BCUT2D eigenvalue weighted by molar-refractivity contribution is 7.87. The zero-order valence-electron chi connectivity index (χ0n) is 24.2. The summed E-state index contributed by atoms with van der Waals surface area (Å²) in [5.41, 5.74) is 4.48. The molecule has 7 rings (SSSR count). The second-order valence-electron chi connectivity index (χ2n) is 12.0. The van der Waals surface area contributed by atoms with Gasteiger partial charge in [0.05, 0.1) is 13.2 Å². The Labute approximate surface area is 251 Å². The quantitative estimate of drug-likeness (QED) is 0.209. The van der Waals surface area contributed by atoms with E-state index in [1.165, 1.54) is 13.2 Å². The fourth-order valence-electron chi connectivity index (χ4n) is 6.60. The van der Waals surface area contributed by atoms with Crippen LogP contribution in [0.2, 0.25) is 0 Å². The van der Waals surface area contributed by atoms with E-state index in [4.69, 9.17) is 8.92 Å². The molecule has 2 aliphatic rings. The van der Waals surface area contributed by atoms with E-state index in [1.54, 1.807) is 36.4 Å². The molecule has 1 atom stereocenters. The van der Waals surface area contributed by atoms with Gasteiger partial charge in [-0.2, -0.15) is 8.42 Å². The van der Waals surface area contributed by atoms with Crippen molar-refractivity contribution in [1.82, 2.24) is 0 Å². The minimum absolute atomic E-state index is 0.0756. The first-order valence-electron chi connectivity index (χ1n) is 14.3. The number of Topliss-reactive ketones (excluding diaryl/α,β-unsaturated/α-hetero) is 1. The summed E-state index contributed by atoms with van der Waals surface area (Å²) in [6, 6.07) is 29.5. The third-order valence-corrected chi connectivity index (χ3v) is 9.77. The van der Waals surface area contributed by atoms with Gasteiger partial charge in [-0.05, 0) is 63.4 Å². The van der Waals surface area contributed by atoms with Gasteiger partial charge in [-0.3, -0.25) is 4.79 Å². The van der Waals surface area contributed by atoms with Crippen molar-refractivity contribution < 1.29 is 22.1 Å². The van der Waals surface area contributed by atoms with Gasteiger partial charge in [-0.15, -0.1) is 0 Å². The van der Waals surface area contributed by atoms with Crippen LogP contribution >= 0.6 is 0 Å². The number of hydrogen-bond acceptors (Lipinski definition) is 6. The van der Waals surface area contributed by atoms with E-state index >= 15 is 0 Å². The van der Waals surface area contributed by atoms with Crippen LogP contribution in [0.15, 0.2) is 108 Å². The molecular formula is C36H31NO5S. The number of carbonyl (C=O) groups is 1. The van der Waals surface area contributed by atoms with Crippen LogP contribution in [0.25, 0.3) is 27.1 Å². The lowest BCUT2D eigenvalue weighted by Gasteiger charge is -2.40. The van der Waals surface area contributed by atoms with E-state index in [1.807, 2.05) is 30.3 Å². The second-order valence-corrected chi connectivity index (χ2v) is 13.6. The molecule has 6 nitrogen and oxygen atoms in total. The summed E-state index contributed by atoms with van der Waals surface area (Å²) in [5.74, 6) is 0.449. The molecular weight excluding hydrogens is 558 g/mol. The average Bonchev–Trinajstić information content (AvgIpc) is 2.99. The Balaban J connectivity index is 1.31. The number of ether oxygens (including phenoxy) is 1. The monoisotopic (exact) mass is 589 g/mol. The molecule has 0 aromatic heterocycles. The number of nitrogens with one attached hydrogen (secondary N) is 1. The van der Waals surface area contributed by atoms with Crippen molar-refractivity contribution in [1.29, 1.82) is 0 Å². The highest BCUT2D eigenvalue weighted by Gasteiger charge is 2.41. The van der Waals surface area contributed by atoms with Gasteiger partial charge in [0, 0.05) is 28.6 Å². The van der Waals surface area contributed by atoms with E-state index in [9.17, 15) is 13.2 Å². The normalized spacial score (nSPS) is 17.7. The number of methoxy groups -OCH3 is 1. The molecule has 5 aromatic carbocycles. The average molecular weight is 590 g/mol. The van der Waals surface area contributed by atoms with Crippen LogP contribution in [-0.2, 0) is 14.9 Å². The topological polar surface area (TPSA) is 81.7 Å². The van der Waals surface area contributed by atoms with E-state index in [0.29, 0.717) is 11.8 Å². The first-order valence-corrected chi connectivity index (χ1v) is 15.7. The zero-order valence-corrected chi connectivity index (χ0v) is 25.0. The summed E-state index contributed by atoms with van der Waals surface area (Å²) in [6.07, 6.45) is 1.22. The fourth-order valence-corrected chi connectivity index (χ4v) is 7.76. The Morgan fingerprint density at radius 3 is 2.26 bits per heavy atom. The molecule has 7 heteroatoms. The molecule has 0 bridgehead atoms. The highest BCUT2D eigenvalue weighted by atomic mass is 32.2. The van der Waals surface area contributed by atoms with Crippen molar-refractivity contribution in [3.05, 3.63) is 114 Å². The Hall–Kier alpha value is -4.62. The predicted octanol–water partition coefficient (Wildman–Crippen LogP) is 8.08. The summed E-state index contributed by atoms with van der Waals surface area (Å²) in [7, 11) is -2.69. The van der Waals surface area contributed by atoms with Crippen molar-refractivity contribution in [2.45, 2.75) is 37.6 Å². The molecule has 43 heavy (non-hydrogen) atoms. The number of hydrogen-bond donors (Lipinski definition) is 1. The molecule has 0 saturated heterocycles. The van der Waals surface area contributed by atoms with Crippen LogP contribution in [0.5, 0.6) is 11.5 Å². The number of allylic oxidation sites excluding steroid dienone is 1. The second kappa shape index (κ2) is 9.99. The van der Waals surface area contributed by atoms with Crippen molar-refractivity contribution in [2.75, 3.05) is 12.4 Å². The molecule has 0 spiro atoms. The lowest BCUT2D eigenvalue weighted by atomic mass is 9.68. The third kappa shape index (κ3) is 4.64. The smallest absolute Gasteiger partial charge is 0.339 e. The van der Waals surface area contributed by atoms with Crippen LogP contribution in [0.4, 0.5) is 5.69 Å². The minimum atomic E-state index is -4.17. The Bertz CT molecular complexity index is 2090. The highest BCUT2D eigenvalue weighted by Crippen LogP contribution is 2.52. The molecule has 1 heterocycles. The summed E-state index contributed by atoms with van der Waals surface area (Å²) in [6.45, 7) is 4.28. The van der Waals surface area contributed by atoms with Gasteiger partial charge >= 0.3 is 10.1 Å². The van der Waals surface area contributed by atoms with Gasteiger partial charge in [0.25, 0.3) is 0 Å². The Morgan fingerprint density at radius 2 is 1.49 bits per heavy atom. The van der Waals surface area contributed by atoms with Gasteiger partial charge in [-0.1, -0.05) is 86.6 Å². The molecule has 1 aliphatic carbocycles. The van der Waals surface area contributed by atoms with E-state index in [0.717, 1.165) is 50.5 Å². The first kappa shape index (κ1) is 27.2. The molecule has 0 fully saturated rings. The standard InChI is InChI=1S/C36H31NO5S/c1-36(2)20-27-33-26-13-7-5-10-23(26)15-17-28(33)37-35(34(27)29(38)21-36)24-16-18-30(31(19-24)41-3)42-43(39,40)32-14-8-11-22-9-4-6-12-25(22)32/h4-19,35,37H,20-21H2,1-3H3/t35-/m0/s1. The number of anilines is 1. The van der Waals surface area contributed by atoms with Crippen LogP contribution in [-0.4, -0.2) is 21.3 Å². The first-order chi connectivity index (χ1) is 20.6. The Morgan fingerprint density at radius 1 is 0.791 bits per heavy atom. The number of rotatable bonds is 5. The summed E-state index contributed by atoms with van der Waals surface area (Å²) >= 11 is 0. The van der Waals surface area contributed by atoms with Crippen LogP contribution in [0.1, 0.15) is 43.9 Å². The number of ketones is 1. The van der Waals surface area contributed by atoms with Gasteiger partial charge < -0.3 is 14.2 Å². The summed E-state index contributed by atoms with van der Waals surface area (Å²) in [4.78, 5) is 13.9. The maximum atomic E-state index is 13.8. The summed E-state index contributed by atoms with van der Waals surface area (Å²) in [5, 5.41) is 7.25.